The van der Waals surface area contributed by atoms with E-state index in [1.54, 1.807) is 12.1 Å². The van der Waals surface area contributed by atoms with Gasteiger partial charge in [-0.1, -0.05) is 12.1 Å². The van der Waals surface area contributed by atoms with Crippen LogP contribution in [0, 0.1) is 5.82 Å². The normalized spacial score (nSPS) is 18.3. The van der Waals surface area contributed by atoms with Crippen molar-refractivity contribution in [2.24, 2.45) is 0 Å². The van der Waals surface area contributed by atoms with Crippen molar-refractivity contribution < 1.29 is 18.7 Å². The lowest BCUT2D eigenvalue weighted by Gasteiger charge is -2.35. The highest BCUT2D eigenvalue weighted by molar-refractivity contribution is 5.78. The van der Waals surface area contributed by atoms with Gasteiger partial charge in [-0.3, -0.25) is 14.5 Å². The summed E-state index contributed by atoms with van der Waals surface area (Å²) in [6.07, 6.45) is 2.54. The standard InChI is InChI=1S/C21H30FN3O3/c22-19-6-4-18(5-7-19)2-1-3-20(26)24-10-12-25(13-11-24)21(27)8-9-23-14-16-28-17-15-23/h4-7H,1-3,8-17H2. The number of rotatable bonds is 7. The van der Waals surface area contributed by atoms with Gasteiger partial charge in [-0.05, 0) is 30.5 Å². The molecule has 2 fully saturated rings. The smallest absolute Gasteiger partial charge is 0.223 e. The van der Waals surface area contributed by atoms with E-state index >= 15 is 0 Å². The van der Waals surface area contributed by atoms with Gasteiger partial charge in [-0.15, -0.1) is 0 Å². The zero-order chi connectivity index (χ0) is 19.8. The van der Waals surface area contributed by atoms with Gasteiger partial charge in [-0.2, -0.15) is 0 Å². The van der Waals surface area contributed by atoms with Gasteiger partial charge in [0.15, 0.2) is 0 Å². The molecule has 0 saturated carbocycles. The molecule has 0 aliphatic carbocycles. The summed E-state index contributed by atoms with van der Waals surface area (Å²) in [6.45, 7) is 6.52. The first-order valence-electron chi connectivity index (χ1n) is 10.2. The van der Waals surface area contributed by atoms with Crippen molar-refractivity contribution in [1.29, 1.82) is 0 Å². The van der Waals surface area contributed by atoms with Crippen molar-refractivity contribution in [3.63, 3.8) is 0 Å². The van der Waals surface area contributed by atoms with E-state index in [-0.39, 0.29) is 17.6 Å². The lowest BCUT2D eigenvalue weighted by atomic mass is 10.1. The Morgan fingerprint density at radius 1 is 0.857 bits per heavy atom. The molecule has 6 nitrogen and oxygen atoms in total. The molecule has 0 bridgehead atoms. The number of halogens is 1. The molecule has 2 aliphatic heterocycles. The SMILES string of the molecule is O=C(CCCc1ccc(F)cc1)N1CCN(C(=O)CCN2CCOCC2)CC1. The molecule has 0 aromatic heterocycles. The topological polar surface area (TPSA) is 53.1 Å². The zero-order valence-electron chi connectivity index (χ0n) is 16.4. The average molecular weight is 391 g/mol. The Labute approximate surface area is 166 Å². The van der Waals surface area contributed by atoms with Gasteiger partial charge in [-0.25, -0.2) is 4.39 Å². The molecule has 0 N–H and O–H groups in total. The number of benzene rings is 1. The Morgan fingerprint density at radius 2 is 1.43 bits per heavy atom. The van der Waals surface area contributed by atoms with E-state index in [1.807, 2.05) is 9.80 Å². The van der Waals surface area contributed by atoms with Crippen molar-refractivity contribution in [3.05, 3.63) is 35.6 Å². The third-order valence-corrected chi connectivity index (χ3v) is 5.50. The summed E-state index contributed by atoms with van der Waals surface area (Å²) in [5, 5.41) is 0. The van der Waals surface area contributed by atoms with E-state index in [0.717, 1.165) is 51.3 Å². The average Bonchev–Trinajstić information content (AvgIpc) is 2.74. The van der Waals surface area contributed by atoms with Crippen LogP contribution in [0.3, 0.4) is 0 Å². The second-order valence-electron chi connectivity index (χ2n) is 7.45. The largest absolute Gasteiger partial charge is 0.379 e. The van der Waals surface area contributed by atoms with Crippen molar-refractivity contribution >= 4 is 11.8 Å². The molecule has 154 valence electrons. The zero-order valence-corrected chi connectivity index (χ0v) is 16.4. The van der Waals surface area contributed by atoms with Crippen molar-refractivity contribution in [2.45, 2.75) is 25.7 Å². The second kappa shape index (κ2) is 10.5. The number of nitrogens with zero attached hydrogens (tertiary/aromatic N) is 3. The second-order valence-corrected chi connectivity index (χ2v) is 7.45. The molecule has 0 radical (unpaired) electrons. The number of hydrogen-bond acceptors (Lipinski definition) is 4. The molecule has 2 saturated heterocycles. The Morgan fingerprint density at radius 3 is 2.04 bits per heavy atom. The first-order valence-corrected chi connectivity index (χ1v) is 10.2. The highest BCUT2D eigenvalue weighted by atomic mass is 19.1. The summed E-state index contributed by atoms with van der Waals surface area (Å²) in [7, 11) is 0. The van der Waals surface area contributed by atoms with Crippen LogP contribution in [-0.4, -0.2) is 85.5 Å². The van der Waals surface area contributed by atoms with Gasteiger partial charge >= 0.3 is 0 Å². The summed E-state index contributed by atoms with van der Waals surface area (Å²) < 4.78 is 18.2. The summed E-state index contributed by atoms with van der Waals surface area (Å²) in [4.78, 5) is 30.8. The lowest BCUT2D eigenvalue weighted by Crippen LogP contribution is -2.51. The van der Waals surface area contributed by atoms with Crippen LogP contribution in [0.2, 0.25) is 0 Å². The van der Waals surface area contributed by atoms with Gasteiger partial charge in [0, 0.05) is 58.7 Å². The molecule has 2 amide bonds. The van der Waals surface area contributed by atoms with Gasteiger partial charge in [0.2, 0.25) is 11.8 Å². The first-order chi connectivity index (χ1) is 13.6. The minimum Gasteiger partial charge on any atom is -0.379 e. The molecular formula is C21H30FN3O3. The fraction of sp³-hybridized carbons (Fsp3) is 0.619. The van der Waals surface area contributed by atoms with E-state index < -0.39 is 0 Å². The highest BCUT2D eigenvalue weighted by Gasteiger charge is 2.24. The maximum Gasteiger partial charge on any atom is 0.223 e. The highest BCUT2D eigenvalue weighted by Crippen LogP contribution is 2.11. The van der Waals surface area contributed by atoms with Crippen LogP contribution in [0.5, 0.6) is 0 Å². The maximum atomic E-state index is 12.9. The van der Waals surface area contributed by atoms with E-state index in [1.165, 1.54) is 12.1 Å². The third kappa shape index (κ3) is 6.27. The van der Waals surface area contributed by atoms with Crippen LogP contribution in [0.15, 0.2) is 24.3 Å². The molecule has 2 heterocycles. The summed E-state index contributed by atoms with van der Waals surface area (Å²) in [6, 6.07) is 6.43. The summed E-state index contributed by atoms with van der Waals surface area (Å²) in [5.41, 5.74) is 1.05. The Balaban J connectivity index is 1.31. The van der Waals surface area contributed by atoms with Crippen LogP contribution in [0.4, 0.5) is 4.39 Å². The molecular weight excluding hydrogens is 361 g/mol. The number of aryl methyl sites for hydroxylation is 1. The van der Waals surface area contributed by atoms with Gasteiger partial charge in [0.05, 0.1) is 13.2 Å². The Bertz CT molecular complexity index is 639. The minimum atomic E-state index is -0.239. The number of carbonyl (C=O) groups excluding carboxylic acids is 2. The number of piperazine rings is 1. The molecule has 7 heteroatoms. The monoisotopic (exact) mass is 391 g/mol. The number of ether oxygens (including phenoxy) is 1. The maximum absolute atomic E-state index is 12.9. The van der Waals surface area contributed by atoms with Crippen molar-refractivity contribution in [2.75, 3.05) is 59.0 Å². The predicted molar refractivity (Wildman–Crippen MR) is 104 cm³/mol. The van der Waals surface area contributed by atoms with E-state index in [4.69, 9.17) is 4.74 Å². The van der Waals surface area contributed by atoms with Crippen LogP contribution in [-0.2, 0) is 20.7 Å². The summed E-state index contributed by atoms with van der Waals surface area (Å²) in [5.74, 6) is 0.0783. The first kappa shape index (κ1) is 20.7. The fourth-order valence-electron chi connectivity index (χ4n) is 3.69. The Kier molecular flexibility index (Phi) is 7.80. The number of hydrogen-bond donors (Lipinski definition) is 0. The molecule has 3 rings (SSSR count). The molecule has 0 spiro atoms. The van der Waals surface area contributed by atoms with E-state index in [0.29, 0.717) is 39.0 Å². The third-order valence-electron chi connectivity index (χ3n) is 5.50. The predicted octanol–water partition coefficient (Wildman–Crippen LogP) is 1.54. The molecule has 28 heavy (non-hydrogen) atoms. The quantitative estimate of drug-likeness (QED) is 0.708. The van der Waals surface area contributed by atoms with Crippen LogP contribution >= 0.6 is 0 Å². The van der Waals surface area contributed by atoms with Crippen molar-refractivity contribution in [3.8, 4) is 0 Å². The van der Waals surface area contributed by atoms with Crippen LogP contribution in [0.25, 0.3) is 0 Å². The van der Waals surface area contributed by atoms with E-state index in [9.17, 15) is 14.0 Å². The molecule has 0 atom stereocenters. The Hall–Kier alpha value is -1.99. The molecule has 2 aliphatic rings. The van der Waals surface area contributed by atoms with Crippen LogP contribution < -0.4 is 0 Å². The summed E-state index contributed by atoms with van der Waals surface area (Å²) >= 11 is 0. The van der Waals surface area contributed by atoms with Gasteiger partial charge in [0.1, 0.15) is 5.82 Å². The molecule has 1 aromatic rings. The molecule has 1 aromatic carbocycles. The van der Waals surface area contributed by atoms with E-state index in [2.05, 4.69) is 4.90 Å². The lowest BCUT2D eigenvalue weighted by molar-refractivity contribution is -0.139. The molecule has 0 unspecified atom stereocenters. The van der Waals surface area contributed by atoms with Gasteiger partial charge < -0.3 is 14.5 Å². The number of morpholine rings is 1. The van der Waals surface area contributed by atoms with Crippen LogP contribution in [0.1, 0.15) is 24.8 Å². The fourth-order valence-corrected chi connectivity index (χ4v) is 3.69. The number of amides is 2. The van der Waals surface area contributed by atoms with Crippen molar-refractivity contribution in [1.82, 2.24) is 14.7 Å². The minimum absolute atomic E-state index is 0.141. The van der Waals surface area contributed by atoms with Gasteiger partial charge in [0.25, 0.3) is 0 Å². The number of carbonyl (C=O) groups is 2.